The molecule has 2 aromatic carbocycles. The Bertz CT molecular complexity index is 1200. The van der Waals surface area contributed by atoms with Gasteiger partial charge in [0.05, 0.1) is 19.6 Å². The summed E-state index contributed by atoms with van der Waals surface area (Å²) in [4.78, 5) is 29.7. The first kappa shape index (κ1) is 24.4. The van der Waals surface area contributed by atoms with Crippen LogP contribution in [0.15, 0.2) is 60.0 Å². The van der Waals surface area contributed by atoms with Crippen LogP contribution in [-0.4, -0.2) is 36.5 Å². The van der Waals surface area contributed by atoms with Crippen molar-refractivity contribution in [2.75, 3.05) is 19.0 Å². The molecule has 0 radical (unpaired) electrons. The van der Waals surface area contributed by atoms with E-state index in [9.17, 15) is 9.59 Å². The molecule has 2 aliphatic rings. The molecule has 1 aliphatic carbocycles. The third-order valence-corrected chi connectivity index (χ3v) is 8.06. The molecule has 3 aromatic rings. The lowest BCUT2D eigenvalue weighted by atomic mass is 9.95. The lowest BCUT2D eigenvalue weighted by Gasteiger charge is -2.30. The summed E-state index contributed by atoms with van der Waals surface area (Å²) < 4.78 is 11.3. The van der Waals surface area contributed by atoms with E-state index in [1.54, 1.807) is 18.4 Å². The number of hydrogen-bond acceptors (Lipinski definition) is 5. The van der Waals surface area contributed by atoms with E-state index in [1.165, 1.54) is 4.88 Å². The SMILES string of the molecule is COc1ccc2c(c1)NC(=O)C2CC(=O)N(Cc1cccc(OCCc2cccs2)c1)C1CCCC1. The van der Waals surface area contributed by atoms with Crippen LogP contribution < -0.4 is 14.8 Å². The molecule has 5 rings (SSSR count). The standard InChI is InChI=1S/C29H32N2O4S/c1-34-22-11-12-25-26(29(33)30-27(25)17-22)18-28(32)31(21-7-2-3-8-21)19-20-6-4-9-23(16-20)35-14-13-24-10-5-15-36-24/h4-6,9-12,15-17,21,26H,2-3,7-8,13-14,18-19H2,1H3,(H,30,33). The van der Waals surface area contributed by atoms with Crippen molar-refractivity contribution in [2.45, 2.75) is 57.0 Å². The number of hydrogen-bond donors (Lipinski definition) is 1. The zero-order valence-corrected chi connectivity index (χ0v) is 21.4. The molecule has 1 N–H and O–H groups in total. The highest BCUT2D eigenvalue weighted by molar-refractivity contribution is 7.09. The number of anilines is 1. The molecular formula is C29H32N2O4S. The van der Waals surface area contributed by atoms with Gasteiger partial charge < -0.3 is 19.7 Å². The van der Waals surface area contributed by atoms with Crippen LogP contribution in [0.1, 0.15) is 54.0 Å². The molecule has 2 amide bonds. The number of nitrogens with one attached hydrogen (secondary N) is 1. The number of carbonyl (C=O) groups is 2. The van der Waals surface area contributed by atoms with E-state index in [2.05, 4.69) is 22.8 Å². The summed E-state index contributed by atoms with van der Waals surface area (Å²) in [6.07, 6.45) is 5.32. The fourth-order valence-electron chi connectivity index (χ4n) is 5.22. The molecule has 1 fully saturated rings. The van der Waals surface area contributed by atoms with Crippen molar-refractivity contribution in [3.8, 4) is 11.5 Å². The normalized spacial score (nSPS) is 17.0. The van der Waals surface area contributed by atoms with Crippen LogP contribution in [0.2, 0.25) is 0 Å². The number of thiophene rings is 1. The van der Waals surface area contributed by atoms with Crippen LogP contribution in [0.5, 0.6) is 11.5 Å². The van der Waals surface area contributed by atoms with Gasteiger partial charge in [-0.05, 0) is 53.6 Å². The predicted octanol–water partition coefficient (Wildman–Crippen LogP) is 5.78. The van der Waals surface area contributed by atoms with Crippen LogP contribution in [0.4, 0.5) is 5.69 Å². The summed E-state index contributed by atoms with van der Waals surface area (Å²) >= 11 is 1.74. The van der Waals surface area contributed by atoms with Gasteiger partial charge in [-0.3, -0.25) is 9.59 Å². The van der Waals surface area contributed by atoms with Crippen molar-refractivity contribution in [2.24, 2.45) is 0 Å². The highest BCUT2D eigenvalue weighted by Crippen LogP contribution is 2.38. The zero-order valence-electron chi connectivity index (χ0n) is 20.6. The third kappa shape index (κ3) is 5.57. The van der Waals surface area contributed by atoms with Gasteiger partial charge in [0.2, 0.25) is 11.8 Å². The lowest BCUT2D eigenvalue weighted by molar-refractivity contribution is -0.136. The summed E-state index contributed by atoms with van der Waals surface area (Å²) in [5.41, 5.74) is 2.64. The fourth-order valence-corrected chi connectivity index (χ4v) is 5.91. The molecule has 0 spiro atoms. The molecule has 1 aliphatic heterocycles. The Morgan fingerprint density at radius 1 is 1.08 bits per heavy atom. The monoisotopic (exact) mass is 504 g/mol. The van der Waals surface area contributed by atoms with Gasteiger partial charge in [-0.15, -0.1) is 11.3 Å². The number of fused-ring (bicyclic) bond motifs is 1. The molecular weight excluding hydrogens is 472 g/mol. The third-order valence-electron chi connectivity index (χ3n) is 7.12. The zero-order chi connectivity index (χ0) is 24.9. The summed E-state index contributed by atoms with van der Waals surface area (Å²) in [6.45, 7) is 1.14. The largest absolute Gasteiger partial charge is 0.497 e. The van der Waals surface area contributed by atoms with Gasteiger partial charge >= 0.3 is 0 Å². The maximum atomic E-state index is 13.6. The van der Waals surface area contributed by atoms with E-state index in [-0.39, 0.29) is 24.3 Å². The second kappa shape index (κ2) is 11.2. The predicted molar refractivity (Wildman–Crippen MR) is 142 cm³/mol. The number of amides is 2. The number of methoxy groups -OCH3 is 1. The van der Waals surface area contributed by atoms with E-state index < -0.39 is 5.92 Å². The molecule has 1 saturated carbocycles. The molecule has 7 heteroatoms. The van der Waals surface area contributed by atoms with E-state index in [1.807, 2.05) is 47.4 Å². The minimum absolute atomic E-state index is 0.0229. The summed E-state index contributed by atoms with van der Waals surface area (Å²) in [6, 6.07) is 18.0. The molecule has 1 unspecified atom stereocenters. The van der Waals surface area contributed by atoms with E-state index in [0.717, 1.165) is 54.7 Å². The highest BCUT2D eigenvalue weighted by atomic mass is 32.1. The first-order chi connectivity index (χ1) is 17.6. The fraction of sp³-hybridized carbons (Fsp3) is 0.379. The average Bonchev–Trinajstić information content (AvgIpc) is 3.65. The molecule has 1 aromatic heterocycles. The summed E-state index contributed by atoms with van der Waals surface area (Å²) in [5, 5.41) is 5.00. The van der Waals surface area contributed by atoms with E-state index in [4.69, 9.17) is 9.47 Å². The first-order valence-corrected chi connectivity index (χ1v) is 13.5. The average molecular weight is 505 g/mol. The van der Waals surface area contributed by atoms with Gasteiger partial charge in [-0.2, -0.15) is 0 Å². The van der Waals surface area contributed by atoms with Gasteiger partial charge in [-0.25, -0.2) is 0 Å². The molecule has 6 nitrogen and oxygen atoms in total. The minimum Gasteiger partial charge on any atom is -0.497 e. The molecule has 1 atom stereocenters. The molecule has 188 valence electrons. The van der Waals surface area contributed by atoms with Crippen LogP contribution >= 0.6 is 11.3 Å². The second-order valence-electron chi connectivity index (χ2n) is 9.48. The van der Waals surface area contributed by atoms with Gasteiger partial charge in [0.15, 0.2) is 0 Å². The van der Waals surface area contributed by atoms with Crippen molar-refractivity contribution in [1.29, 1.82) is 0 Å². The Labute approximate surface area is 216 Å². The lowest BCUT2D eigenvalue weighted by Crippen LogP contribution is -2.39. The van der Waals surface area contributed by atoms with Crippen molar-refractivity contribution in [3.05, 3.63) is 76.0 Å². The van der Waals surface area contributed by atoms with E-state index in [0.29, 0.717) is 18.9 Å². The molecule has 36 heavy (non-hydrogen) atoms. The summed E-state index contributed by atoms with van der Waals surface area (Å²) in [5.74, 6) is 0.926. The van der Waals surface area contributed by atoms with Gasteiger partial charge in [0.1, 0.15) is 11.5 Å². The Morgan fingerprint density at radius 2 is 1.94 bits per heavy atom. The maximum absolute atomic E-state index is 13.6. The number of nitrogens with zero attached hydrogens (tertiary/aromatic N) is 1. The van der Waals surface area contributed by atoms with Crippen molar-refractivity contribution >= 4 is 28.8 Å². The Hall–Kier alpha value is -3.32. The molecule has 0 saturated heterocycles. The second-order valence-corrected chi connectivity index (χ2v) is 10.5. The van der Waals surface area contributed by atoms with Gasteiger partial charge in [0.25, 0.3) is 0 Å². The number of rotatable bonds is 10. The first-order valence-electron chi connectivity index (χ1n) is 12.6. The Balaban J connectivity index is 1.27. The van der Waals surface area contributed by atoms with Gasteiger partial charge in [-0.1, -0.05) is 37.1 Å². The molecule has 0 bridgehead atoms. The topological polar surface area (TPSA) is 67.9 Å². The van der Waals surface area contributed by atoms with Crippen LogP contribution in [0.3, 0.4) is 0 Å². The smallest absolute Gasteiger partial charge is 0.232 e. The highest BCUT2D eigenvalue weighted by Gasteiger charge is 2.35. The minimum atomic E-state index is -0.478. The van der Waals surface area contributed by atoms with E-state index >= 15 is 0 Å². The number of benzene rings is 2. The summed E-state index contributed by atoms with van der Waals surface area (Å²) in [7, 11) is 1.60. The quantitative estimate of drug-likeness (QED) is 0.380. The van der Waals surface area contributed by atoms with Crippen molar-refractivity contribution < 1.29 is 19.1 Å². The number of ether oxygens (including phenoxy) is 2. The van der Waals surface area contributed by atoms with Crippen molar-refractivity contribution in [3.63, 3.8) is 0 Å². The number of carbonyl (C=O) groups excluding carboxylic acids is 2. The van der Waals surface area contributed by atoms with Crippen LogP contribution in [-0.2, 0) is 22.6 Å². The molecule has 2 heterocycles. The van der Waals surface area contributed by atoms with Crippen LogP contribution in [0.25, 0.3) is 0 Å². The van der Waals surface area contributed by atoms with Crippen molar-refractivity contribution in [1.82, 2.24) is 4.90 Å². The Kier molecular flexibility index (Phi) is 7.56. The Morgan fingerprint density at radius 3 is 2.72 bits per heavy atom. The van der Waals surface area contributed by atoms with Crippen LogP contribution in [0, 0.1) is 0 Å². The van der Waals surface area contributed by atoms with Gasteiger partial charge in [0, 0.05) is 42.1 Å². The maximum Gasteiger partial charge on any atom is 0.232 e.